The SMILES string of the molecule is COc1cnc(Cl)cc1O[B]O. The summed E-state index contributed by atoms with van der Waals surface area (Å²) in [5.41, 5.74) is 0. The van der Waals surface area contributed by atoms with E-state index in [0.29, 0.717) is 19.2 Å². The van der Waals surface area contributed by atoms with Gasteiger partial charge in [0.25, 0.3) is 0 Å². The fourth-order valence-corrected chi connectivity index (χ4v) is 0.851. The van der Waals surface area contributed by atoms with Crippen LogP contribution in [0.25, 0.3) is 0 Å². The molecule has 1 heterocycles. The zero-order valence-corrected chi connectivity index (χ0v) is 7.08. The highest BCUT2D eigenvalue weighted by Crippen LogP contribution is 2.27. The maximum atomic E-state index is 8.36. The van der Waals surface area contributed by atoms with Crippen LogP contribution in [0.4, 0.5) is 0 Å². The largest absolute Gasteiger partial charge is 0.569 e. The number of methoxy groups -OCH3 is 1. The molecule has 0 saturated carbocycles. The number of hydrogen-bond acceptors (Lipinski definition) is 4. The van der Waals surface area contributed by atoms with E-state index in [-0.39, 0.29) is 5.15 Å². The predicted octanol–water partition coefficient (Wildman–Crippen LogP) is 0.649. The van der Waals surface area contributed by atoms with Gasteiger partial charge in [-0.3, -0.25) is 0 Å². The van der Waals surface area contributed by atoms with Crippen LogP contribution >= 0.6 is 11.6 Å². The zero-order valence-electron chi connectivity index (χ0n) is 6.32. The van der Waals surface area contributed by atoms with Crippen LogP contribution < -0.4 is 9.39 Å². The molecule has 0 aliphatic carbocycles. The van der Waals surface area contributed by atoms with Gasteiger partial charge >= 0.3 is 7.69 Å². The Bertz CT molecular complexity index is 271. The van der Waals surface area contributed by atoms with E-state index in [1.807, 2.05) is 0 Å². The topological polar surface area (TPSA) is 51.6 Å². The molecule has 4 nitrogen and oxygen atoms in total. The third-order valence-corrected chi connectivity index (χ3v) is 1.40. The molecule has 12 heavy (non-hydrogen) atoms. The number of rotatable bonds is 3. The summed E-state index contributed by atoms with van der Waals surface area (Å²) in [6.07, 6.45) is 1.40. The van der Waals surface area contributed by atoms with Crippen LogP contribution in [0.2, 0.25) is 5.15 Å². The van der Waals surface area contributed by atoms with E-state index in [4.69, 9.17) is 21.4 Å². The number of ether oxygens (including phenoxy) is 1. The molecule has 0 aliphatic heterocycles. The Labute approximate surface area is 75.4 Å². The van der Waals surface area contributed by atoms with Gasteiger partial charge in [0.1, 0.15) is 10.9 Å². The first-order valence-electron chi connectivity index (χ1n) is 3.10. The third-order valence-electron chi connectivity index (χ3n) is 1.20. The van der Waals surface area contributed by atoms with Gasteiger partial charge in [-0.15, -0.1) is 0 Å². The lowest BCUT2D eigenvalue weighted by Gasteiger charge is -2.06. The van der Waals surface area contributed by atoms with Gasteiger partial charge in [-0.2, -0.15) is 0 Å². The van der Waals surface area contributed by atoms with Crippen LogP contribution in [0.5, 0.6) is 11.5 Å². The highest BCUT2D eigenvalue weighted by molar-refractivity contribution is 6.29. The normalized spacial score (nSPS) is 9.25. The first-order chi connectivity index (χ1) is 5.77. The van der Waals surface area contributed by atoms with E-state index >= 15 is 0 Å². The average Bonchev–Trinajstić information content (AvgIpc) is 2.05. The molecule has 0 spiro atoms. The number of nitrogens with zero attached hydrogens (tertiary/aromatic N) is 1. The molecule has 1 aromatic rings. The molecule has 0 aliphatic rings. The van der Waals surface area contributed by atoms with Crippen molar-refractivity contribution in [3.05, 3.63) is 17.4 Å². The highest BCUT2D eigenvalue weighted by Gasteiger charge is 2.05. The molecule has 0 fully saturated rings. The quantitative estimate of drug-likeness (QED) is 0.556. The second-order valence-corrected chi connectivity index (χ2v) is 2.27. The van der Waals surface area contributed by atoms with Crippen molar-refractivity contribution in [1.82, 2.24) is 4.98 Å². The highest BCUT2D eigenvalue weighted by atomic mass is 35.5. The molecule has 1 rings (SSSR count). The first kappa shape index (κ1) is 9.16. The Kier molecular flexibility index (Phi) is 3.19. The number of pyridine rings is 1. The van der Waals surface area contributed by atoms with Crippen molar-refractivity contribution < 1.29 is 14.4 Å². The minimum absolute atomic E-state index is 0.271. The summed E-state index contributed by atoms with van der Waals surface area (Å²) in [6.45, 7) is 0. The van der Waals surface area contributed by atoms with E-state index in [1.54, 1.807) is 0 Å². The van der Waals surface area contributed by atoms with Gasteiger partial charge < -0.3 is 14.4 Å². The van der Waals surface area contributed by atoms with Gasteiger partial charge in [-0.05, 0) is 0 Å². The summed E-state index contributed by atoms with van der Waals surface area (Å²) in [5, 5.41) is 8.64. The van der Waals surface area contributed by atoms with E-state index in [1.165, 1.54) is 19.4 Å². The minimum atomic E-state index is 0.271. The fraction of sp³-hybridized carbons (Fsp3) is 0.167. The first-order valence-corrected chi connectivity index (χ1v) is 3.48. The van der Waals surface area contributed by atoms with Crippen LogP contribution in [0.1, 0.15) is 0 Å². The molecule has 0 atom stereocenters. The summed E-state index contributed by atoms with van der Waals surface area (Å²) in [4.78, 5) is 3.76. The van der Waals surface area contributed by atoms with Crippen LogP contribution in [0, 0.1) is 0 Å². The molecule has 0 saturated heterocycles. The molecular formula is C6H6BClNO3. The number of aromatic nitrogens is 1. The predicted molar refractivity (Wildman–Crippen MR) is 44.4 cm³/mol. The summed E-state index contributed by atoms with van der Waals surface area (Å²) >= 11 is 5.57. The van der Waals surface area contributed by atoms with E-state index in [2.05, 4.69) is 9.64 Å². The lowest BCUT2D eigenvalue weighted by Crippen LogP contribution is -2.01. The molecule has 6 heteroatoms. The van der Waals surface area contributed by atoms with Crippen molar-refractivity contribution in [1.29, 1.82) is 0 Å². The lowest BCUT2D eigenvalue weighted by molar-refractivity contribution is 0.380. The van der Waals surface area contributed by atoms with Gasteiger partial charge in [0.15, 0.2) is 5.75 Å². The van der Waals surface area contributed by atoms with Crippen molar-refractivity contribution in [3.63, 3.8) is 0 Å². The Morgan fingerprint density at radius 3 is 2.92 bits per heavy atom. The molecule has 1 N–H and O–H groups in total. The van der Waals surface area contributed by atoms with Gasteiger partial charge in [0.05, 0.1) is 13.3 Å². The summed E-state index contributed by atoms with van der Waals surface area (Å²) in [6, 6.07) is 1.44. The maximum absolute atomic E-state index is 8.36. The van der Waals surface area contributed by atoms with Crippen LogP contribution in [-0.2, 0) is 0 Å². The number of hydrogen-bond donors (Lipinski definition) is 1. The molecule has 63 valence electrons. The molecular weight excluding hydrogens is 180 g/mol. The average molecular weight is 186 g/mol. The van der Waals surface area contributed by atoms with Gasteiger partial charge in [-0.1, -0.05) is 11.6 Å². The van der Waals surface area contributed by atoms with Crippen LogP contribution in [-0.4, -0.2) is 24.8 Å². The smallest absolute Gasteiger partial charge is 0.535 e. The molecule has 1 aromatic heterocycles. The summed E-state index contributed by atoms with van der Waals surface area (Å²) in [7, 11) is 2.02. The fourth-order valence-electron chi connectivity index (χ4n) is 0.703. The van der Waals surface area contributed by atoms with E-state index in [0.717, 1.165) is 0 Å². The second-order valence-electron chi connectivity index (χ2n) is 1.88. The molecule has 0 amide bonds. The Hall–Kier alpha value is -0.935. The van der Waals surface area contributed by atoms with Crippen molar-refractivity contribution in [2.24, 2.45) is 0 Å². The van der Waals surface area contributed by atoms with Crippen LogP contribution in [0.3, 0.4) is 0 Å². The van der Waals surface area contributed by atoms with Gasteiger partial charge in [0, 0.05) is 6.07 Å². The second kappa shape index (κ2) is 4.18. The molecule has 0 aromatic carbocycles. The van der Waals surface area contributed by atoms with Gasteiger partial charge in [0.2, 0.25) is 0 Å². The Balaban J connectivity index is 2.95. The van der Waals surface area contributed by atoms with Crippen molar-refractivity contribution in [3.8, 4) is 11.5 Å². The molecule has 1 radical (unpaired) electrons. The Morgan fingerprint density at radius 1 is 1.58 bits per heavy atom. The summed E-state index contributed by atoms with van der Waals surface area (Å²) in [5.74, 6) is 0.727. The van der Waals surface area contributed by atoms with Crippen molar-refractivity contribution in [2.45, 2.75) is 0 Å². The Morgan fingerprint density at radius 2 is 2.33 bits per heavy atom. The standard InChI is InChI=1S/C6H6BClNO3/c1-11-5-3-9-6(8)2-4(5)12-7-10/h2-3,10H,1H3. The number of halogens is 1. The van der Waals surface area contributed by atoms with Crippen LogP contribution in [0.15, 0.2) is 12.3 Å². The van der Waals surface area contributed by atoms with Crippen molar-refractivity contribution >= 4 is 19.3 Å². The third kappa shape index (κ3) is 2.02. The van der Waals surface area contributed by atoms with E-state index in [9.17, 15) is 0 Å². The lowest BCUT2D eigenvalue weighted by atomic mass is 10.3. The minimum Gasteiger partial charge on any atom is -0.535 e. The van der Waals surface area contributed by atoms with E-state index < -0.39 is 0 Å². The molecule has 0 unspecified atom stereocenters. The summed E-state index contributed by atoms with van der Waals surface area (Å²) < 4.78 is 9.57. The van der Waals surface area contributed by atoms with Gasteiger partial charge in [-0.25, -0.2) is 4.98 Å². The molecule has 0 bridgehead atoms. The zero-order chi connectivity index (χ0) is 8.97. The monoisotopic (exact) mass is 186 g/mol. The van der Waals surface area contributed by atoms with Crippen molar-refractivity contribution in [2.75, 3.05) is 7.11 Å². The maximum Gasteiger partial charge on any atom is 0.569 e.